The summed E-state index contributed by atoms with van der Waals surface area (Å²) in [6.07, 6.45) is 4.52. The first kappa shape index (κ1) is 16.2. The fraction of sp³-hybridized carbons (Fsp3) is 0.235. The quantitative estimate of drug-likeness (QED) is 0.699. The molecule has 1 aromatic carbocycles. The van der Waals surface area contributed by atoms with Crippen LogP contribution in [-0.2, 0) is 27.2 Å². The minimum absolute atomic E-state index is 0.0488. The highest BCUT2D eigenvalue weighted by atomic mass is 32.1. The Bertz CT molecular complexity index is 840. The van der Waals surface area contributed by atoms with Crippen molar-refractivity contribution >= 4 is 33.9 Å². The van der Waals surface area contributed by atoms with E-state index in [1.807, 2.05) is 47.2 Å². The van der Waals surface area contributed by atoms with Crippen LogP contribution in [0.5, 0.6) is 0 Å². The number of hydrogen-bond donors (Lipinski definition) is 1. The molecule has 0 saturated carbocycles. The molecule has 1 N–H and O–H groups in total. The van der Waals surface area contributed by atoms with E-state index < -0.39 is 5.97 Å². The van der Waals surface area contributed by atoms with Crippen molar-refractivity contribution in [2.24, 2.45) is 0 Å². The molecule has 6 nitrogen and oxygen atoms in total. The smallest absolute Gasteiger partial charge is 0.312 e. The maximum absolute atomic E-state index is 11.9. The van der Waals surface area contributed by atoms with Gasteiger partial charge in [0.2, 0.25) is 0 Å². The first-order valence-corrected chi connectivity index (χ1v) is 8.48. The molecule has 0 fully saturated rings. The van der Waals surface area contributed by atoms with Gasteiger partial charge in [0.25, 0.3) is 5.91 Å². The van der Waals surface area contributed by atoms with Gasteiger partial charge in [-0.15, -0.1) is 11.3 Å². The average molecular weight is 343 g/mol. The van der Waals surface area contributed by atoms with Gasteiger partial charge in [-0.1, -0.05) is 25.1 Å². The summed E-state index contributed by atoms with van der Waals surface area (Å²) in [5.74, 6) is -0.824. The molecule has 3 rings (SSSR count). The minimum atomic E-state index is -0.473. The Hall–Kier alpha value is -2.67. The second kappa shape index (κ2) is 7.27. The predicted molar refractivity (Wildman–Crippen MR) is 92.2 cm³/mol. The van der Waals surface area contributed by atoms with Gasteiger partial charge in [-0.2, -0.15) is 0 Å². The molecule has 7 heteroatoms. The SMILES string of the molecule is CCc1ccccc1NC(=O)COC(=O)Cc1cn2ccsc2n1. The lowest BCUT2D eigenvalue weighted by atomic mass is 10.1. The number of hydrogen-bond acceptors (Lipinski definition) is 5. The van der Waals surface area contributed by atoms with Crippen LogP contribution in [-0.4, -0.2) is 27.9 Å². The van der Waals surface area contributed by atoms with Crippen LogP contribution in [0.3, 0.4) is 0 Å². The van der Waals surface area contributed by atoms with E-state index in [0.717, 1.165) is 22.6 Å². The molecule has 0 saturated heterocycles. The maximum Gasteiger partial charge on any atom is 0.312 e. The topological polar surface area (TPSA) is 72.7 Å². The van der Waals surface area contributed by atoms with Crippen molar-refractivity contribution in [3.8, 4) is 0 Å². The number of carbonyl (C=O) groups is 2. The van der Waals surface area contributed by atoms with Crippen molar-refractivity contribution in [3.05, 3.63) is 53.3 Å². The summed E-state index contributed by atoms with van der Waals surface area (Å²) in [4.78, 5) is 28.9. The molecule has 24 heavy (non-hydrogen) atoms. The van der Waals surface area contributed by atoms with Crippen molar-refractivity contribution < 1.29 is 14.3 Å². The molecule has 0 bridgehead atoms. The van der Waals surface area contributed by atoms with Crippen LogP contribution in [0.4, 0.5) is 5.69 Å². The van der Waals surface area contributed by atoms with Crippen LogP contribution in [0.2, 0.25) is 0 Å². The van der Waals surface area contributed by atoms with E-state index in [1.165, 1.54) is 11.3 Å². The van der Waals surface area contributed by atoms with Gasteiger partial charge in [0.15, 0.2) is 11.6 Å². The Kier molecular flexibility index (Phi) is 4.90. The second-order valence-electron chi connectivity index (χ2n) is 5.22. The van der Waals surface area contributed by atoms with E-state index in [1.54, 1.807) is 6.20 Å². The fourth-order valence-corrected chi connectivity index (χ4v) is 3.06. The van der Waals surface area contributed by atoms with E-state index in [2.05, 4.69) is 10.3 Å². The third-order valence-electron chi connectivity index (χ3n) is 3.51. The number of aromatic nitrogens is 2. The number of anilines is 1. The number of thiazole rings is 1. The highest BCUT2D eigenvalue weighted by molar-refractivity contribution is 7.15. The number of para-hydroxylation sites is 1. The average Bonchev–Trinajstić information content (AvgIpc) is 3.15. The number of ether oxygens (including phenoxy) is 1. The molecule has 0 aliphatic rings. The normalized spacial score (nSPS) is 10.7. The molecule has 0 radical (unpaired) electrons. The number of fused-ring (bicyclic) bond motifs is 1. The Balaban J connectivity index is 1.50. The number of esters is 1. The van der Waals surface area contributed by atoms with Crippen LogP contribution in [0.15, 0.2) is 42.0 Å². The summed E-state index contributed by atoms with van der Waals surface area (Å²) in [6.45, 7) is 1.71. The predicted octanol–water partition coefficient (Wildman–Crippen LogP) is 2.68. The molecule has 0 unspecified atom stereocenters. The monoisotopic (exact) mass is 343 g/mol. The molecular weight excluding hydrogens is 326 g/mol. The van der Waals surface area contributed by atoms with E-state index in [9.17, 15) is 9.59 Å². The Morgan fingerprint density at radius 3 is 2.96 bits per heavy atom. The van der Waals surface area contributed by atoms with E-state index in [0.29, 0.717) is 5.69 Å². The Morgan fingerprint density at radius 1 is 1.33 bits per heavy atom. The van der Waals surface area contributed by atoms with E-state index in [-0.39, 0.29) is 18.9 Å². The third-order valence-corrected chi connectivity index (χ3v) is 4.28. The number of nitrogens with zero attached hydrogens (tertiary/aromatic N) is 2. The molecule has 2 heterocycles. The summed E-state index contributed by atoms with van der Waals surface area (Å²) >= 11 is 1.49. The van der Waals surface area contributed by atoms with Gasteiger partial charge >= 0.3 is 5.97 Å². The maximum atomic E-state index is 11.9. The number of imidazole rings is 1. The second-order valence-corrected chi connectivity index (χ2v) is 6.09. The first-order chi connectivity index (χ1) is 11.7. The van der Waals surface area contributed by atoms with Gasteiger partial charge in [-0.25, -0.2) is 4.98 Å². The van der Waals surface area contributed by atoms with Gasteiger partial charge in [0.1, 0.15) is 0 Å². The van der Waals surface area contributed by atoms with Gasteiger partial charge in [-0.05, 0) is 18.1 Å². The van der Waals surface area contributed by atoms with Crippen LogP contribution >= 0.6 is 11.3 Å². The lowest BCUT2D eigenvalue weighted by molar-refractivity contribution is -0.146. The summed E-state index contributed by atoms with van der Waals surface area (Å²) in [5.41, 5.74) is 2.41. The Labute approximate surface area is 143 Å². The summed E-state index contributed by atoms with van der Waals surface area (Å²) < 4.78 is 6.88. The number of aryl methyl sites for hydroxylation is 1. The molecular formula is C17H17N3O3S. The van der Waals surface area contributed by atoms with Crippen molar-refractivity contribution in [1.29, 1.82) is 0 Å². The zero-order valence-electron chi connectivity index (χ0n) is 13.2. The van der Waals surface area contributed by atoms with Crippen molar-refractivity contribution in [1.82, 2.24) is 9.38 Å². The summed E-state index contributed by atoms with van der Waals surface area (Å²) in [7, 11) is 0. The zero-order chi connectivity index (χ0) is 16.9. The van der Waals surface area contributed by atoms with Crippen molar-refractivity contribution in [3.63, 3.8) is 0 Å². The van der Waals surface area contributed by atoms with Crippen LogP contribution in [0.1, 0.15) is 18.2 Å². The lowest BCUT2D eigenvalue weighted by Gasteiger charge is -2.09. The number of rotatable bonds is 6. The number of benzene rings is 1. The highest BCUT2D eigenvalue weighted by Gasteiger charge is 2.12. The minimum Gasteiger partial charge on any atom is -0.455 e. The standard InChI is InChI=1S/C17H17N3O3S/c1-2-12-5-3-4-6-14(12)19-15(21)11-23-16(22)9-13-10-20-7-8-24-17(20)18-13/h3-8,10H,2,9,11H2,1H3,(H,19,21). The first-order valence-electron chi connectivity index (χ1n) is 7.60. The molecule has 2 aromatic heterocycles. The third kappa shape index (κ3) is 3.80. The molecule has 3 aromatic rings. The van der Waals surface area contributed by atoms with Gasteiger partial charge in [-0.3, -0.25) is 14.0 Å². The van der Waals surface area contributed by atoms with E-state index >= 15 is 0 Å². The van der Waals surface area contributed by atoms with E-state index in [4.69, 9.17) is 4.74 Å². The number of amides is 1. The van der Waals surface area contributed by atoms with Crippen LogP contribution in [0, 0.1) is 0 Å². The highest BCUT2D eigenvalue weighted by Crippen LogP contribution is 2.15. The largest absolute Gasteiger partial charge is 0.455 e. The number of nitrogens with one attached hydrogen (secondary N) is 1. The summed E-state index contributed by atoms with van der Waals surface area (Å²) in [5, 5.41) is 4.68. The molecule has 0 aliphatic heterocycles. The van der Waals surface area contributed by atoms with Gasteiger partial charge in [0, 0.05) is 23.5 Å². The molecule has 0 spiro atoms. The number of carbonyl (C=O) groups excluding carboxylic acids is 2. The summed E-state index contributed by atoms with van der Waals surface area (Å²) in [6, 6.07) is 7.55. The zero-order valence-corrected chi connectivity index (χ0v) is 14.0. The molecule has 124 valence electrons. The van der Waals surface area contributed by atoms with Gasteiger partial charge in [0.05, 0.1) is 12.1 Å². The Morgan fingerprint density at radius 2 is 2.17 bits per heavy atom. The van der Waals surface area contributed by atoms with Gasteiger partial charge < -0.3 is 10.1 Å². The molecule has 0 atom stereocenters. The lowest BCUT2D eigenvalue weighted by Crippen LogP contribution is -2.22. The fourth-order valence-electron chi connectivity index (χ4n) is 2.34. The van der Waals surface area contributed by atoms with Crippen molar-refractivity contribution in [2.45, 2.75) is 19.8 Å². The molecule has 1 amide bonds. The van der Waals surface area contributed by atoms with Crippen molar-refractivity contribution in [2.75, 3.05) is 11.9 Å². The molecule has 0 aliphatic carbocycles. The van der Waals surface area contributed by atoms with Crippen LogP contribution in [0.25, 0.3) is 4.96 Å². The van der Waals surface area contributed by atoms with Crippen LogP contribution < -0.4 is 5.32 Å².